The van der Waals surface area contributed by atoms with Crippen LogP contribution in [-0.4, -0.2) is 55.2 Å². The van der Waals surface area contributed by atoms with E-state index in [-0.39, 0.29) is 29.5 Å². The molecule has 6 nitrogen and oxygen atoms in total. The lowest BCUT2D eigenvalue weighted by atomic mass is 10.1. The quantitative estimate of drug-likeness (QED) is 0.256. The average Bonchev–Trinajstić information content (AvgIpc) is 2.59. The van der Waals surface area contributed by atoms with E-state index in [1.165, 1.54) is 0 Å². The van der Waals surface area contributed by atoms with Gasteiger partial charge in [0.05, 0.1) is 6.54 Å². The molecule has 1 aromatic heterocycles. The van der Waals surface area contributed by atoms with Gasteiger partial charge >= 0.3 is 0 Å². The topological polar surface area (TPSA) is 64.6 Å². The van der Waals surface area contributed by atoms with E-state index in [1.807, 2.05) is 18.3 Å². The summed E-state index contributed by atoms with van der Waals surface area (Å²) in [5, 5.41) is 10.4. The number of aliphatic imine (C=N–C) groups is 1. The predicted octanol–water partition coefficient (Wildman–Crippen LogP) is 2.61. The van der Waals surface area contributed by atoms with Crippen LogP contribution < -0.4 is 20.9 Å². The number of rotatable bonds is 6. The van der Waals surface area contributed by atoms with Crippen LogP contribution in [0.3, 0.4) is 0 Å². The lowest BCUT2D eigenvalue weighted by Crippen LogP contribution is -2.49. The molecule has 0 aromatic carbocycles. The fraction of sp³-hybridized carbons (Fsp3) is 0.684. The number of anilines is 1. The molecule has 148 valence electrons. The molecule has 0 saturated carbocycles. The first-order valence-electron chi connectivity index (χ1n) is 9.44. The fourth-order valence-electron chi connectivity index (χ4n) is 2.91. The lowest BCUT2D eigenvalue weighted by molar-refractivity contribution is 0.431. The van der Waals surface area contributed by atoms with Crippen LogP contribution in [0.25, 0.3) is 0 Å². The van der Waals surface area contributed by atoms with E-state index in [9.17, 15) is 0 Å². The minimum absolute atomic E-state index is 0. The first-order valence-corrected chi connectivity index (χ1v) is 9.44. The van der Waals surface area contributed by atoms with Gasteiger partial charge < -0.3 is 20.9 Å². The molecule has 1 aromatic rings. The number of nitrogens with one attached hydrogen (secondary N) is 3. The Morgan fingerprint density at radius 2 is 2.00 bits per heavy atom. The number of hydrogen-bond donors (Lipinski definition) is 3. The van der Waals surface area contributed by atoms with Crippen molar-refractivity contribution in [1.29, 1.82) is 0 Å². The summed E-state index contributed by atoms with van der Waals surface area (Å²) in [4.78, 5) is 11.5. The van der Waals surface area contributed by atoms with E-state index in [0.29, 0.717) is 6.04 Å². The minimum Gasteiger partial charge on any atom is -0.357 e. The zero-order valence-electron chi connectivity index (χ0n) is 16.6. The summed E-state index contributed by atoms with van der Waals surface area (Å²) in [6.45, 7) is 13.2. The molecule has 0 radical (unpaired) electrons. The van der Waals surface area contributed by atoms with Crippen LogP contribution in [0.2, 0.25) is 0 Å². The number of aromatic nitrogens is 1. The van der Waals surface area contributed by atoms with Gasteiger partial charge in [-0.2, -0.15) is 0 Å². The van der Waals surface area contributed by atoms with Crippen LogP contribution in [0.5, 0.6) is 0 Å². The third kappa shape index (κ3) is 8.53. The summed E-state index contributed by atoms with van der Waals surface area (Å²) in [6.07, 6.45) is 4.06. The number of piperidine rings is 1. The second-order valence-electron chi connectivity index (χ2n) is 7.53. The molecule has 0 atom stereocenters. The van der Waals surface area contributed by atoms with Gasteiger partial charge in [-0.05, 0) is 52.7 Å². The van der Waals surface area contributed by atoms with Gasteiger partial charge in [0.1, 0.15) is 5.82 Å². The van der Waals surface area contributed by atoms with Crippen LogP contribution in [0.4, 0.5) is 5.82 Å². The number of nitrogens with zero attached hydrogens (tertiary/aromatic N) is 3. The van der Waals surface area contributed by atoms with Crippen molar-refractivity contribution in [1.82, 2.24) is 20.9 Å². The molecule has 0 bridgehead atoms. The first-order chi connectivity index (χ1) is 12.0. The molecule has 2 heterocycles. The van der Waals surface area contributed by atoms with Crippen LogP contribution in [0.15, 0.2) is 29.4 Å². The smallest absolute Gasteiger partial charge is 0.191 e. The molecule has 0 spiro atoms. The van der Waals surface area contributed by atoms with E-state index >= 15 is 0 Å². The van der Waals surface area contributed by atoms with Gasteiger partial charge in [-0.1, -0.05) is 6.07 Å². The van der Waals surface area contributed by atoms with E-state index in [1.54, 1.807) is 0 Å². The summed E-state index contributed by atoms with van der Waals surface area (Å²) >= 11 is 0. The first kappa shape index (κ1) is 23.0. The van der Waals surface area contributed by atoms with Crippen molar-refractivity contribution in [2.45, 2.75) is 52.1 Å². The van der Waals surface area contributed by atoms with Gasteiger partial charge in [-0.25, -0.2) is 4.98 Å². The van der Waals surface area contributed by atoms with E-state index in [2.05, 4.69) is 59.6 Å². The molecule has 1 fully saturated rings. The molecular formula is C19H35IN6. The molecule has 1 saturated heterocycles. The Morgan fingerprint density at radius 1 is 1.27 bits per heavy atom. The normalized spacial score (nSPS) is 16.2. The summed E-state index contributed by atoms with van der Waals surface area (Å²) < 4.78 is 0. The van der Waals surface area contributed by atoms with Crippen molar-refractivity contribution in [2.24, 2.45) is 4.99 Å². The van der Waals surface area contributed by atoms with Crippen molar-refractivity contribution in [3.05, 3.63) is 24.4 Å². The number of hydrogen-bond acceptors (Lipinski definition) is 4. The standard InChI is InChI=1S/C19H34N6.HI/c1-5-20-18(22-12-13-23-19(2,3)4)24-16-9-14-25(15-10-16)17-8-6-7-11-21-17;/h6-8,11,16,23H,5,9-10,12-15H2,1-4H3,(H2,20,22,24);1H. The van der Waals surface area contributed by atoms with Gasteiger partial charge in [-0.3, -0.25) is 4.99 Å². The monoisotopic (exact) mass is 474 g/mol. The Labute approximate surface area is 175 Å². The molecule has 1 aliphatic rings. The van der Waals surface area contributed by atoms with Crippen LogP contribution in [0.1, 0.15) is 40.5 Å². The molecule has 26 heavy (non-hydrogen) atoms. The zero-order valence-corrected chi connectivity index (χ0v) is 18.9. The zero-order chi connectivity index (χ0) is 18.1. The SMILES string of the molecule is CCNC(=NCCNC(C)(C)C)NC1CCN(c2ccccn2)CC1.I. The Balaban J connectivity index is 0.00000338. The lowest BCUT2D eigenvalue weighted by Gasteiger charge is -2.33. The molecule has 2 rings (SSSR count). The Kier molecular flexibility index (Phi) is 10.2. The van der Waals surface area contributed by atoms with Crippen molar-refractivity contribution >= 4 is 35.8 Å². The van der Waals surface area contributed by atoms with Crippen LogP contribution >= 0.6 is 24.0 Å². The van der Waals surface area contributed by atoms with E-state index in [4.69, 9.17) is 4.99 Å². The molecule has 0 amide bonds. The van der Waals surface area contributed by atoms with Crippen molar-refractivity contribution in [3.63, 3.8) is 0 Å². The number of halogens is 1. The molecule has 0 unspecified atom stereocenters. The third-order valence-electron chi connectivity index (χ3n) is 4.19. The van der Waals surface area contributed by atoms with Gasteiger partial charge in [-0.15, -0.1) is 24.0 Å². The van der Waals surface area contributed by atoms with Crippen LogP contribution in [0, 0.1) is 0 Å². The molecular weight excluding hydrogens is 439 g/mol. The Morgan fingerprint density at radius 3 is 2.58 bits per heavy atom. The van der Waals surface area contributed by atoms with Crippen molar-refractivity contribution in [2.75, 3.05) is 37.6 Å². The molecule has 3 N–H and O–H groups in total. The molecule has 7 heteroatoms. The van der Waals surface area contributed by atoms with Gasteiger partial charge in [0.2, 0.25) is 0 Å². The third-order valence-corrected chi connectivity index (χ3v) is 4.19. The second kappa shape index (κ2) is 11.6. The van der Waals surface area contributed by atoms with Crippen molar-refractivity contribution in [3.8, 4) is 0 Å². The van der Waals surface area contributed by atoms with E-state index in [0.717, 1.165) is 57.3 Å². The molecule has 0 aliphatic carbocycles. The number of pyridine rings is 1. The highest BCUT2D eigenvalue weighted by molar-refractivity contribution is 14.0. The summed E-state index contributed by atoms with van der Waals surface area (Å²) in [5.74, 6) is 2.00. The molecule has 1 aliphatic heterocycles. The maximum atomic E-state index is 4.69. The van der Waals surface area contributed by atoms with Gasteiger partial charge in [0.15, 0.2) is 5.96 Å². The average molecular weight is 474 g/mol. The summed E-state index contributed by atoms with van der Waals surface area (Å²) in [7, 11) is 0. The highest BCUT2D eigenvalue weighted by Gasteiger charge is 2.20. The van der Waals surface area contributed by atoms with Gasteiger partial charge in [0.25, 0.3) is 0 Å². The largest absolute Gasteiger partial charge is 0.357 e. The second-order valence-corrected chi connectivity index (χ2v) is 7.53. The summed E-state index contributed by atoms with van der Waals surface area (Å²) in [6, 6.07) is 6.56. The van der Waals surface area contributed by atoms with Gasteiger partial charge in [0, 0.05) is 44.0 Å². The number of guanidine groups is 1. The fourth-order valence-corrected chi connectivity index (χ4v) is 2.91. The highest BCUT2D eigenvalue weighted by Crippen LogP contribution is 2.17. The maximum Gasteiger partial charge on any atom is 0.191 e. The maximum absolute atomic E-state index is 4.69. The van der Waals surface area contributed by atoms with Crippen molar-refractivity contribution < 1.29 is 0 Å². The van der Waals surface area contributed by atoms with E-state index < -0.39 is 0 Å². The van der Waals surface area contributed by atoms with Crippen LogP contribution in [-0.2, 0) is 0 Å². The minimum atomic E-state index is 0. The Hall–Kier alpha value is -1.09. The summed E-state index contributed by atoms with van der Waals surface area (Å²) in [5.41, 5.74) is 0.138. The highest BCUT2D eigenvalue weighted by atomic mass is 127. The Bertz CT molecular complexity index is 521. The predicted molar refractivity (Wildman–Crippen MR) is 122 cm³/mol.